The van der Waals surface area contributed by atoms with Crippen LogP contribution in [0.2, 0.25) is 0 Å². The fraction of sp³-hybridized carbons (Fsp3) is 0. The van der Waals surface area contributed by atoms with Gasteiger partial charge >= 0.3 is 12.0 Å². The molecule has 1 N–H and O–H groups in total. The number of anilines is 2. The van der Waals surface area contributed by atoms with E-state index in [-0.39, 0.29) is 12.0 Å². The molecule has 6 nitrogen and oxygen atoms in total. The van der Waals surface area contributed by atoms with Gasteiger partial charge in [-0.2, -0.15) is 9.97 Å². The van der Waals surface area contributed by atoms with E-state index in [0.29, 0.717) is 17.4 Å². The monoisotopic (exact) mass is 458 g/mol. The van der Waals surface area contributed by atoms with Gasteiger partial charge in [-0.05, 0) is 47.5 Å². The molecule has 4 aromatic carbocycles. The molecule has 0 aliphatic heterocycles. The minimum absolute atomic E-state index is 0.127. The summed E-state index contributed by atoms with van der Waals surface area (Å²) < 4.78 is 11.7. The van der Waals surface area contributed by atoms with Crippen LogP contribution in [-0.2, 0) is 0 Å². The molecule has 0 aliphatic carbocycles. The largest absolute Gasteiger partial charge is 0.424 e. The van der Waals surface area contributed by atoms with E-state index in [1.165, 1.54) is 0 Å². The van der Waals surface area contributed by atoms with Crippen molar-refractivity contribution in [2.75, 3.05) is 5.32 Å². The van der Waals surface area contributed by atoms with Crippen LogP contribution in [0.25, 0.3) is 12.2 Å². The summed E-state index contributed by atoms with van der Waals surface area (Å²) in [7, 11) is 0. The van der Waals surface area contributed by atoms with Crippen molar-refractivity contribution < 1.29 is 9.47 Å². The second kappa shape index (κ2) is 10.8. The molecule has 0 spiro atoms. The van der Waals surface area contributed by atoms with Gasteiger partial charge < -0.3 is 14.8 Å². The summed E-state index contributed by atoms with van der Waals surface area (Å²) in [5.74, 6) is 1.54. The highest BCUT2D eigenvalue weighted by molar-refractivity contribution is 5.70. The van der Waals surface area contributed by atoms with E-state index in [2.05, 4.69) is 44.6 Å². The van der Waals surface area contributed by atoms with E-state index >= 15 is 0 Å². The lowest BCUT2D eigenvalue weighted by Gasteiger charge is -2.10. The van der Waals surface area contributed by atoms with Crippen LogP contribution in [-0.4, -0.2) is 15.0 Å². The van der Waals surface area contributed by atoms with Crippen molar-refractivity contribution in [2.45, 2.75) is 0 Å². The number of aromatic nitrogens is 3. The molecular formula is C29H22N4O2. The van der Waals surface area contributed by atoms with Gasteiger partial charge in [0.1, 0.15) is 11.5 Å². The third-order valence-corrected chi connectivity index (χ3v) is 4.93. The van der Waals surface area contributed by atoms with Crippen molar-refractivity contribution in [1.29, 1.82) is 0 Å². The molecule has 5 aromatic rings. The van der Waals surface area contributed by atoms with Crippen molar-refractivity contribution in [3.05, 3.63) is 126 Å². The van der Waals surface area contributed by atoms with Crippen molar-refractivity contribution in [3.8, 4) is 23.5 Å². The fourth-order valence-electron chi connectivity index (χ4n) is 3.24. The maximum atomic E-state index is 5.84. The molecule has 0 fully saturated rings. The SMILES string of the molecule is C(=Cc1ccc(Nc2nc(Oc3ccccc3)nc(Oc3ccccc3)n2)cc1)c1ccccc1. The van der Waals surface area contributed by atoms with Gasteiger partial charge in [-0.15, -0.1) is 4.98 Å². The van der Waals surface area contributed by atoms with E-state index in [0.717, 1.165) is 16.8 Å². The van der Waals surface area contributed by atoms with E-state index < -0.39 is 0 Å². The number of ether oxygens (including phenoxy) is 2. The zero-order chi connectivity index (χ0) is 23.7. The number of benzene rings is 4. The van der Waals surface area contributed by atoms with Gasteiger partial charge in [-0.25, -0.2) is 0 Å². The minimum Gasteiger partial charge on any atom is -0.424 e. The molecule has 0 unspecified atom stereocenters. The third-order valence-electron chi connectivity index (χ3n) is 4.93. The molecule has 0 amide bonds. The van der Waals surface area contributed by atoms with Crippen LogP contribution < -0.4 is 14.8 Å². The molecule has 6 heteroatoms. The number of para-hydroxylation sites is 2. The van der Waals surface area contributed by atoms with E-state index in [4.69, 9.17) is 9.47 Å². The van der Waals surface area contributed by atoms with Crippen LogP contribution in [0.5, 0.6) is 23.5 Å². The van der Waals surface area contributed by atoms with Gasteiger partial charge in [0, 0.05) is 5.69 Å². The smallest absolute Gasteiger partial charge is 0.330 e. The van der Waals surface area contributed by atoms with Gasteiger partial charge in [-0.1, -0.05) is 91.0 Å². The van der Waals surface area contributed by atoms with Crippen LogP contribution in [0.1, 0.15) is 11.1 Å². The van der Waals surface area contributed by atoms with Gasteiger partial charge in [-0.3, -0.25) is 0 Å². The maximum absolute atomic E-state index is 5.84. The first kappa shape index (κ1) is 21.9. The highest BCUT2D eigenvalue weighted by Gasteiger charge is 2.11. The zero-order valence-corrected chi connectivity index (χ0v) is 18.8. The van der Waals surface area contributed by atoms with Crippen molar-refractivity contribution in [3.63, 3.8) is 0 Å². The lowest BCUT2D eigenvalue weighted by atomic mass is 10.1. The predicted molar refractivity (Wildman–Crippen MR) is 138 cm³/mol. The first-order valence-corrected chi connectivity index (χ1v) is 11.1. The Morgan fingerprint density at radius 2 is 0.943 bits per heavy atom. The summed E-state index contributed by atoms with van der Waals surface area (Å²) in [6.07, 6.45) is 4.15. The lowest BCUT2D eigenvalue weighted by molar-refractivity contribution is 0.399. The Balaban J connectivity index is 1.36. The van der Waals surface area contributed by atoms with E-state index in [1.54, 1.807) is 0 Å². The second-order valence-corrected chi connectivity index (χ2v) is 7.55. The number of rotatable bonds is 8. The molecule has 0 saturated heterocycles. The van der Waals surface area contributed by atoms with Gasteiger partial charge in [0.15, 0.2) is 0 Å². The summed E-state index contributed by atoms with van der Waals surface area (Å²) >= 11 is 0. The van der Waals surface area contributed by atoms with Crippen LogP contribution in [0.3, 0.4) is 0 Å². The van der Waals surface area contributed by atoms with E-state index in [9.17, 15) is 0 Å². The van der Waals surface area contributed by atoms with Crippen molar-refractivity contribution in [1.82, 2.24) is 15.0 Å². The van der Waals surface area contributed by atoms with Gasteiger partial charge in [0.25, 0.3) is 0 Å². The molecule has 1 aromatic heterocycles. The minimum atomic E-state index is 0.127. The normalized spacial score (nSPS) is 10.7. The molecule has 5 rings (SSSR count). The fourth-order valence-corrected chi connectivity index (χ4v) is 3.24. The highest BCUT2D eigenvalue weighted by Crippen LogP contribution is 2.25. The standard InChI is InChI=1S/C29H22N4O2/c1-4-10-22(11-5-1)16-17-23-18-20-24(21-19-23)30-27-31-28(34-25-12-6-2-7-13-25)33-29(32-27)35-26-14-8-3-9-15-26/h1-21H,(H,30,31,32,33). The first-order valence-electron chi connectivity index (χ1n) is 11.1. The molecule has 0 aliphatic rings. The number of hydrogen-bond acceptors (Lipinski definition) is 6. The molecule has 170 valence electrons. The summed E-state index contributed by atoms with van der Waals surface area (Å²) in [5.41, 5.74) is 3.05. The summed E-state index contributed by atoms with van der Waals surface area (Å²) in [5, 5.41) is 3.21. The van der Waals surface area contributed by atoms with Crippen LogP contribution in [0.15, 0.2) is 115 Å². The Morgan fingerprint density at radius 1 is 0.486 bits per heavy atom. The van der Waals surface area contributed by atoms with Crippen LogP contribution >= 0.6 is 0 Å². The maximum Gasteiger partial charge on any atom is 0.330 e. The van der Waals surface area contributed by atoms with Crippen molar-refractivity contribution in [2.24, 2.45) is 0 Å². The average Bonchev–Trinajstić information content (AvgIpc) is 2.90. The second-order valence-electron chi connectivity index (χ2n) is 7.55. The van der Waals surface area contributed by atoms with Gasteiger partial charge in [0.2, 0.25) is 5.95 Å². The lowest BCUT2D eigenvalue weighted by Crippen LogP contribution is -2.03. The Bertz CT molecular complexity index is 1330. The van der Waals surface area contributed by atoms with E-state index in [1.807, 2.05) is 103 Å². The summed E-state index contributed by atoms with van der Waals surface area (Å²) in [6.45, 7) is 0. The molecule has 0 saturated carbocycles. The molecule has 1 heterocycles. The molecule has 0 atom stereocenters. The van der Waals surface area contributed by atoms with Crippen molar-refractivity contribution >= 4 is 23.8 Å². The van der Waals surface area contributed by atoms with Crippen LogP contribution in [0.4, 0.5) is 11.6 Å². The quantitative estimate of drug-likeness (QED) is 0.245. The molecule has 0 radical (unpaired) electrons. The highest BCUT2D eigenvalue weighted by atomic mass is 16.5. The Labute approximate surface area is 203 Å². The Hall–Kier alpha value is -4.97. The summed E-state index contributed by atoms with van der Waals surface area (Å²) in [6, 6.07) is 37.1. The zero-order valence-electron chi connectivity index (χ0n) is 18.8. The Kier molecular flexibility index (Phi) is 6.72. The number of nitrogens with one attached hydrogen (secondary N) is 1. The Morgan fingerprint density at radius 3 is 1.46 bits per heavy atom. The molecule has 0 bridgehead atoms. The summed E-state index contributed by atoms with van der Waals surface area (Å²) in [4.78, 5) is 13.1. The average molecular weight is 459 g/mol. The topological polar surface area (TPSA) is 69.2 Å². The number of nitrogens with zero attached hydrogens (tertiary/aromatic N) is 3. The van der Waals surface area contributed by atoms with Gasteiger partial charge in [0.05, 0.1) is 0 Å². The molecule has 35 heavy (non-hydrogen) atoms. The van der Waals surface area contributed by atoms with Crippen LogP contribution in [0, 0.1) is 0 Å². The number of hydrogen-bond donors (Lipinski definition) is 1. The first-order chi connectivity index (χ1) is 17.3. The predicted octanol–water partition coefficient (Wildman–Crippen LogP) is 7.37. The molecular weight excluding hydrogens is 436 g/mol. The third kappa shape index (κ3) is 6.30.